The first-order valence-corrected chi connectivity index (χ1v) is 5.48. The minimum absolute atomic E-state index is 0.595. The molecule has 76 valence electrons. The van der Waals surface area contributed by atoms with Gasteiger partial charge in [-0.05, 0) is 40.2 Å². The lowest BCUT2D eigenvalue weighted by molar-refractivity contribution is 0.111. The van der Waals surface area contributed by atoms with E-state index in [-0.39, 0.29) is 0 Å². The van der Waals surface area contributed by atoms with E-state index >= 15 is 0 Å². The standard InChI is InChI=1S/C11H7BrClNO/c12-11-9(13)4-1-5-10(11)14-6-2-3-8(14)7-15/h1-7H. The van der Waals surface area contributed by atoms with E-state index in [4.69, 9.17) is 11.6 Å². The Morgan fingerprint density at radius 3 is 2.80 bits per heavy atom. The Bertz CT molecular complexity index is 507. The molecule has 0 fully saturated rings. The molecule has 2 nitrogen and oxygen atoms in total. The molecule has 0 saturated carbocycles. The third-order valence-electron chi connectivity index (χ3n) is 2.09. The van der Waals surface area contributed by atoms with Gasteiger partial charge in [-0.2, -0.15) is 0 Å². The maximum Gasteiger partial charge on any atom is 0.166 e. The molecule has 0 bridgehead atoms. The van der Waals surface area contributed by atoms with E-state index in [1.807, 2.05) is 24.4 Å². The normalized spacial score (nSPS) is 10.3. The molecule has 4 heteroatoms. The SMILES string of the molecule is O=Cc1cccn1-c1cccc(Cl)c1Br. The van der Waals surface area contributed by atoms with Gasteiger partial charge in [-0.25, -0.2) is 0 Å². The highest BCUT2D eigenvalue weighted by atomic mass is 79.9. The molecule has 0 atom stereocenters. The van der Waals surface area contributed by atoms with Crippen LogP contribution in [0.1, 0.15) is 10.5 Å². The van der Waals surface area contributed by atoms with Crippen LogP contribution in [0.25, 0.3) is 5.69 Å². The number of halogens is 2. The smallest absolute Gasteiger partial charge is 0.166 e. The van der Waals surface area contributed by atoms with Crippen molar-refractivity contribution in [2.45, 2.75) is 0 Å². The fourth-order valence-corrected chi connectivity index (χ4v) is 2.01. The molecule has 0 unspecified atom stereocenters. The van der Waals surface area contributed by atoms with Gasteiger partial charge in [0.05, 0.1) is 20.9 Å². The summed E-state index contributed by atoms with van der Waals surface area (Å²) in [6.45, 7) is 0. The summed E-state index contributed by atoms with van der Waals surface area (Å²) in [4.78, 5) is 10.8. The van der Waals surface area contributed by atoms with Gasteiger partial charge in [0.15, 0.2) is 6.29 Å². The highest BCUT2D eigenvalue weighted by Gasteiger charge is 2.07. The summed E-state index contributed by atoms with van der Waals surface area (Å²) in [5.41, 5.74) is 1.45. The molecule has 0 radical (unpaired) electrons. The van der Waals surface area contributed by atoms with E-state index in [2.05, 4.69) is 15.9 Å². The molecule has 2 aromatic rings. The largest absolute Gasteiger partial charge is 0.313 e. The van der Waals surface area contributed by atoms with Crippen LogP contribution in [0.4, 0.5) is 0 Å². The second-order valence-corrected chi connectivity index (χ2v) is 4.19. The van der Waals surface area contributed by atoms with E-state index in [9.17, 15) is 4.79 Å². The van der Waals surface area contributed by atoms with Crippen LogP contribution in [0.15, 0.2) is 41.0 Å². The van der Waals surface area contributed by atoms with Crippen LogP contribution in [-0.2, 0) is 0 Å². The Morgan fingerprint density at radius 1 is 1.27 bits per heavy atom. The molecule has 0 amide bonds. The van der Waals surface area contributed by atoms with Crippen LogP contribution < -0.4 is 0 Å². The zero-order chi connectivity index (χ0) is 10.8. The summed E-state index contributed by atoms with van der Waals surface area (Å²) in [7, 11) is 0. The van der Waals surface area contributed by atoms with Crippen LogP contribution in [0, 0.1) is 0 Å². The predicted molar refractivity (Wildman–Crippen MR) is 63.9 cm³/mol. The third-order valence-corrected chi connectivity index (χ3v) is 3.47. The lowest BCUT2D eigenvalue weighted by Crippen LogP contribution is -1.98. The van der Waals surface area contributed by atoms with Crippen molar-refractivity contribution >= 4 is 33.8 Å². The molecule has 0 aliphatic heterocycles. The minimum Gasteiger partial charge on any atom is -0.313 e. The number of rotatable bonds is 2. The summed E-state index contributed by atoms with van der Waals surface area (Å²) < 4.78 is 2.56. The van der Waals surface area contributed by atoms with Crippen molar-refractivity contribution < 1.29 is 4.79 Å². The van der Waals surface area contributed by atoms with Crippen molar-refractivity contribution in [3.8, 4) is 5.69 Å². The van der Waals surface area contributed by atoms with E-state index in [0.717, 1.165) is 16.4 Å². The molecule has 0 N–H and O–H groups in total. The van der Waals surface area contributed by atoms with E-state index in [1.54, 1.807) is 16.7 Å². The quantitative estimate of drug-likeness (QED) is 0.771. The van der Waals surface area contributed by atoms with Gasteiger partial charge in [-0.1, -0.05) is 17.7 Å². The molecule has 2 rings (SSSR count). The highest BCUT2D eigenvalue weighted by molar-refractivity contribution is 9.10. The molecular weight excluding hydrogens is 277 g/mol. The second-order valence-electron chi connectivity index (χ2n) is 2.99. The highest BCUT2D eigenvalue weighted by Crippen LogP contribution is 2.29. The van der Waals surface area contributed by atoms with Crippen molar-refractivity contribution in [3.63, 3.8) is 0 Å². The fraction of sp³-hybridized carbons (Fsp3) is 0. The number of carbonyl (C=O) groups excluding carboxylic acids is 1. The summed E-state index contributed by atoms with van der Waals surface area (Å²) >= 11 is 9.37. The van der Waals surface area contributed by atoms with Crippen LogP contribution in [0.3, 0.4) is 0 Å². The van der Waals surface area contributed by atoms with Gasteiger partial charge in [0.1, 0.15) is 0 Å². The zero-order valence-electron chi connectivity index (χ0n) is 7.65. The Hall–Kier alpha value is -1.06. The zero-order valence-corrected chi connectivity index (χ0v) is 9.99. The van der Waals surface area contributed by atoms with Crippen molar-refractivity contribution in [2.75, 3.05) is 0 Å². The van der Waals surface area contributed by atoms with Gasteiger partial charge < -0.3 is 4.57 Å². The molecule has 0 aliphatic carbocycles. The maximum absolute atomic E-state index is 10.8. The Labute approximate surface area is 101 Å². The topological polar surface area (TPSA) is 22.0 Å². The van der Waals surface area contributed by atoms with E-state index in [0.29, 0.717) is 10.7 Å². The van der Waals surface area contributed by atoms with E-state index in [1.165, 1.54) is 0 Å². The Balaban J connectivity index is 2.64. The van der Waals surface area contributed by atoms with Crippen molar-refractivity contribution in [1.29, 1.82) is 0 Å². The average molecular weight is 285 g/mol. The minimum atomic E-state index is 0.595. The third kappa shape index (κ3) is 1.85. The number of aldehydes is 1. The first kappa shape index (κ1) is 10.5. The van der Waals surface area contributed by atoms with Gasteiger partial charge in [0, 0.05) is 6.20 Å². The fourth-order valence-electron chi connectivity index (χ4n) is 1.39. The summed E-state index contributed by atoms with van der Waals surface area (Å²) in [6.07, 6.45) is 2.63. The molecule has 15 heavy (non-hydrogen) atoms. The molecule has 1 aromatic carbocycles. The van der Waals surface area contributed by atoms with E-state index < -0.39 is 0 Å². The summed E-state index contributed by atoms with van der Waals surface area (Å²) in [6, 6.07) is 9.09. The van der Waals surface area contributed by atoms with Crippen molar-refractivity contribution in [3.05, 3.63) is 51.7 Å². The number of carbonyl (C=O) groups is 1. The van der Waals surface area contributed by atoms with Gasteiger partial charge in [0.25, 0.3) is 0 Å². The molecule has 0 spiro atoms. The molecular formula is C11H7BrClNO. The molecule has 0 aliphatic rings. The summed E-state index contributed by atoms with van der Waals surface area (Å²) in [5, 5.41) is 0.623. The maximum atomic E-state index is 10.8. The van der Waals surface area contributed by atoms with Crippen LogP contribution in [0.5, 0.6) is 0 Å². The molecule has 1 aromatic heterocycles. The second kappa shape index (κ2) is 4.21. The number of aromatic nitrogens is 1. The average Bonchev–Trinajstić information content (AvgIpc) is 2.70. The molecule has 1 heterocycles. The van der Waals surface area contributed by atoms with Gasteiger partial charge in [-0.15, -0.1) is 0 Å². The van der Waals surface area contributed by atoms with Crippen LogP contribution >= 0.6 is 27.5 Å². The first-order valence-electron chi connectivity index (χ1n) is 4.31. The number of nitrogens with zero attached hydrogens (tertiary/aromatic N) is 1. The van der Waals surface area contributed by atoms with Gasteiger partial charge >= 0.3 is 0 Å². The Morgan fingerprint density at radius 2 is 2.07 bits per heavy atom. The Kier molecular flexibility index (Phi) is 2.93. The number of hydrogen-bond acceptors (Lipinski definition) is 1. The molecule has 0 saturated heterocycles. The van der Waals surface area contributed by atoms with Gasteiger partial charge in [-0.3, -0.25) is 4.79 Å². The first-order chi connectivity index (χ1) is 7.24. The van der Waals surface area contributed by atoms with Crippen molar-refractivity contribution in [2.24, 2.45) is 0 Å². The van der Waals surface area contributed by atoms with Gasteiger partial charge in [0.2, 0.25) is 0 Å². The predicted octanol–water partition coefficient (Wildman–Crippen LogP) is 3.71. The summed E-state index contributed by atoms with van der Waals surface area (Å²) in [5.74, 6) is 0. The number of benzene rings is 1. The monoisotopic (exact) mass is 283 g/mol. The van der Waals surface area contributed by atoms with Crippen LogP contribution in [-0.4, -0.2) is 10.9 Å². The van der Waals surface area contributed by atoms with Crippen LogP contribution in [0.2, 0.25) is 5.02 Å². The lowest BCUT2D eigenvalue weighted by atomic mass is 10.3. The van der Waals surface area contributed by atoms with Crippen molar-refractivity contribution in [1.82, 2.24) is 4.57 Å². The lowest BCUT2D eigenvalue weighted by Gasteiger charge is -2.08. The number of hydrogen-bond donors (Lipinski definition) is 0.